The van der Waals surface area contributed by atoms with Gasteiger partial charge in [0, 0.05) is 6.54 Å². The number of likely N-dealkylation sites (N-methyl/N-ethyl adjacent to an activating group) is 1. The average molecular weight is 198 g/mol. The van der Waals surface area contributed by atoms with Gasteiger partial charge in [0.1, 0.15) is 0 Å². The first-order valence-corrected chi connectivity index (χ1v) is 5.81. The van der Waals surface area contributed by atoms with Gasteiger partial charge < -0.3 is 5.32 Å². The second-order valence-corrected chi connectivity index (χ2v) is 3.94. The van der Waals surface area contributed by atoms with E-state index in [2.05, 4.69) is 17.1 Å². The van der Waals surface area contributed by atoms with E-state index in [0.717, 1.165) is 26.1 Å². The van der Waals surface area contributed by atoms with E-state index in [-0.39, 0.29) is 11.9 Å². The lowest BCUT2D eigenvalue weighted by molar-refractivity contribution is -0.125. The molecule has 0 aromatic heterocycles. The van der Waals surface area contributed by atoms with Crippen molar-refractivity contribution in [2.24, 2.45) is 0 Å². The molecule has 0 aliphatic carbocycles. The Morgan fingerprint density at radius 2 is 2.29 bits per heavy atom. The van der Waals surface area contributed by atoms with Crippen molar-refractivity contribution in [2.45, 2.75) is 45.6 Å². The third kappa shape index (κ3) is 2.98. The molecule has 0 spiro atoms. The van der Waals surface area contributed by atoms with E-state index < -0.39 is 0 Å². The largest absolute Gasteiger partial charge is 0.355 e. The Morgan fingerprint density at radius 1 is 1.50 bits per heavy atom. The van der Waals surface area contributed by atoms with Crippen molar-refractivity contribution in [3.8, 4) is 0 Å². The molecule has 3 nitrogen and oxygen atoms in total. The number of hydrogen-bond acceptors (Lipinski definition) is 2. The topological polar surface area (TPSA) is 32.3 Å². The SMILES string of the molecule is CCCCN1CCC[C@H]1C(=O)NCC. The van der Waals surface area contributed by atoms with Gasteiger partial charge in [-0.2, -0.15) is 0 Å². The fourth-order valence-corrected chi connectivity index (χ4v) is 2.04. The van der Waals surface area contributed by atoms with Gasteiger partial charge in [-0.15, -0.1) is 0 Å². The minimum Gasteiger partial charge on any atom is -0.355 e. The van der Waals surface area contributed by atoms with E-state index in [9.17, 15) is 4.79 Å². The summed E-state index contributed by atoms with van der Waals surface area (Å²) in [5.74, 6) is 0.223. The summed E-state index contributed by atoms with van der Waals surface area (Å²) in [7, 11) is 0. The molecular formula is C11H22N2O. The number of amides is 1. The zero-order valence-corrected chi connectivity index (χ0v) is 9.38. The van der Waals surface area contributed by atoms with Gasteiger partial charge in [0.15, 0.2) is 0 Å². The fourth-order valence-electron chi connectivity index (χ4n) is 2.04. The van der Waals surface area contributed by atoms with Gasteiger partial charge in [-0.3, -0.25) is 9.69 Å². The Hall–Kier alpha value is -0.570. The Morgan fingerprint density at radius 3 is 2.93 bits per heavy atom. The van der Waals surface area contributed by atoms with E-state index in [4.69, 9.17) is 0 Å². The number of nitrogens with one attached hydrogen (secondary N) is 1. The number of carbonyl (C=O) groups excluding carboxylic acids is 1. The van der Waals surface area contributed by atoms with Crippen LogP contribution in [0.25, 0.3) is 0 Å². The van der Waals surface area contributed by atoms with Crippen LogP contribution in [0.3, 0.4) is 0 Å². The van der Waals surface area contributed by atoms with Crippen LogP contribution in [0, 0.1) is 0 Å². The fraction of sp³-hybridized carbons (Fsp3) is 0.909. The molecule has 1 N–H and O–H groups in total. The van der Waals surface area contributed by atoms with Crippen LogP contribution in [0.4, 0.5) is 0 Å². The molecule has 1 rings (SSSR count). The van der Waals surface area contributed by atoms with Crippen LogP contribution >= 0.6 is 0 Å². The molecule has 0 aromatic rings. The van der Waals surface area contributed by atoms with E-state index >= 15 is 0 Å². The van der Waals surface area contributed by atoms with Crippen LogP contribution < -0.4 is 5.32 Å². The maximum atomic E-state index is 11.7. The Bertz CT molecular complexity index is 182. The summed E-state index contributed by atoms with van der Waals surface area (Å²) >= 11 is 0. The maximum Gasteiger partial charge on any atom is 0.237 e. The minimum atomic E-state index is 0.154. The molecule has 1 heterocycles. The second-order valence-electron chi connectivity index (χ2n) is 3.94. The molecule has 1 atom stereocenters. The van der Waals surface area contributed by atoms with E-state index in [1.807, 2.05) is 6.92 Å². The highest BCUT2D eigenvalue weighted by atomic mass is 16.2. The summed E-state index contributed by atoms with van der Waals surface area (Å²) in [6.07, 6.45) is 4.62. The molecule has 14 heavy (non-hydrogen) atoms. The summed E-state index contributed by atoms with van der Waals surface area (Å²) in [4.78, 5) is 14.0. The van der Waals surface area contributed by atoms with Crippen molar-refractivity contribution in [3.05, 3.63) is 0 Å². The third-order valence-corrected chi connectivity index (χ3v) is 2.82. The van der Waals surface area contributed by atoms with E-state index in [0.29, 0.717) is 0 Å². The van der Waals surface area contributed by atoms with Gasteiger partial charge in [-0.1, -0.05) is 13.3 Å². The van der Waals surface area contributed by atoms with Crippen LogP contribution in [-0.4, -0.2) is 36.5 Å². The van der Waals surface area contributed by atoms with E-state index in [1.54, 1.807) is 0 Å². The minimum absolute atomic E-state index is 0.154. The predicted octanol–water partition coefficient (Wildman–Crippen LogP) is 1.39. The zero-order valence-electron chi connectivity index (χ0n) is 9.38. The molecular weight excluding hydrogens is 176 g/mol. The summed E-state index contributed by atoms with van der Waals surface area (Å²) in [6.45, 7) is 7.09. The first-order valence-electron chi connectivity index (χ1n) is 5.81. The number of carbonyl (C=O) groups is 1. The number of nitrogens with zero attached hydrogens (tertiary/aromatic N) is 1. The quantitative estimate of drug-likeness (QED) is 0.724. The Labute approximate surface area is 86.9 Å². The molecule has 0 unspecified atom stereocenters. The predicted molar refractivity (Wildman–Crippen MR) is 58.2 cm³/mol. The van der Waals surface area contributed by atoms with E-state index in [1.165, 1.54) is 19.3 Å². The van der Waals surface area contributed by atoms with Crippen LogP contribution in [-0.2, 0) is 4.79 Å². The molecule has 1 aliphatic heterocycles. The van der Waals surface area contributed by atoms with Gasteiger partial charge in [-0.25, -0.2) is 0 Å². The maximum absolute atomic E-state index is 11.7. The normalized spacial score (nSPS) is 22.6. The highest BCUT2D eigenvalue weighted by Crippen LogP contribution is 2.17. The monoisotopic (exact) mass is 198 g/mol. The summed E-state index contributed by atoms with van der Waals surface area (Å²) in [5.41, 5.74) is 0. The number of unbranched alkanes of at least 4 members (excludes halogenated alkanes) is 1. The molecule has 0 aromatic carbocycles. The molecule has 3 heteroatoms. The highest BCUT2D eigenvalue weighted by molar-refractivity contribution is 5.81. The van der Waals surface area contributed by atoms with Crippen molar-refractivity contribution in [1.82, 2.24) is 10.2 Å². The van der Waals surface area contributed by atoms with Crippen LogP contribution in [0.5, 0.6) is 0 Å². The summed E-state index contributed by atoms with van der Waals surface area (Å²) in [5, 5.41) is 2.91. The zero-order chi connectivity index (χ0) is 10.4. The summed E-state index contributed by atoms with van der Waals surface area (Å²) < 4.78 is 0. The van der Waals surface area contributed by atoms with Gasteiger partial charge in [-0.05, 0) is 39.3 Å². The van der Waals surface area contributed by atoms with Crippen LogP contribution in [0.15, 0.2) is 0 Å². The van der Waals surface area contributed by atoms with Crippen molar-refractivity contribution in [1.29, 1.82) is 0 Å². The number of rotatable bonds is 5. The molecule has 0 bridgehead atoms. The number of hydrogen-bond donors (Lipinski definition) is 1. The van der Waals surface area contributed by atoms with Gasteiger partial charge >= 0.3 is 0 Å². The van der Waals surface area contributed by atoms with Crippen molar-refractivity contribution >= 4 is 5.91 Å². The molecule has 0 saturated carbocycles. The Balaban J connectivity index is 2.38. The standard InChI is InChI=1S/C11H22N2O/c1-3-5-8-13-9-6-7-10(13)11(14)12-4-2/h10H,3-9H2,1-2H3,(H,12,14)/t10-/m0/s1. The second kappa shape index (κ2) is 6.02. The molecule has 1 saturated heterocycles. The smallest absolute Gasteiger partial charge is 0.237 e. The first-order chi connectivity index (χ1) is 6.79. The molecule has 82 valence electrons. The van der Waals surface area contributed by atoms with Crippen molar-refractivity contribution in [3.63, 3.8) is 0 Å². The average Bonchev–Trinajstić information content (AvgIpc) is 2.63. The number of likely N-dealkylation sites (tertiary alicyclic amines) is 1. The lowest BCUT2D eigenvalue weighted by Crippen LogP contribution is -2.43. The molecule has 1 aliphatic rings. The molecule has 0 radical (unpaired) electrons. The van der Waals surface area contributed by atoms with Crippen molar-refractivity contribution in [2.75, 3.05) is 19.6 Å². The first kappa shape index (κ1) is 11.5. The van der Waals surface area contributed by atoms with Gasteiger partial charge in [0.05, 0.1) is 6.04 Å². The lowest BCUT2D eigenvalue weighted by atomic mass is 10.2. The van der Waals surface area contributed by atoms with Crippen LogP contribution in [0.2, 0.25) is 0 Å². The highest BCUT2D eigenvalue weighted by Gasteiger charge is 2.29. The van der Waals surface area contributed by atoms with Gasteiger partial charge in [0.2, 0.25) is 5.91 Å². The third-order valence-electron chi connectivity index (χ3n) is 2.82. The summed E-state index contributed by atoms with van der Waals surface area (Å²) in [6, 6.07) is 0.154. The molecule has 1 fully saturated rings. The van der Waals surface area contributed by atoms with Crippen LogP contribution in [0.1, 0.15) is 39.5 Å². The Kier molecular flexibility index (Phi) is 4.94. The van der Waals surface area contributed by atoms with Crippen molar-refractivity contribution < 1.29 is 4.79 Å². The lowest BCUT2D eigenvalue weighted by Gasteiger charge is -2.22. The van der Waals surface area contributed by atoms with Gasteiger partial charge in [0.25, 0.3) is 0 Å². The molecule has 1 amide bonds.